The van der Waals surface area contributed by atoms with Crippen LogP contribution >= 0.6 is 0 Å². The molecule has 1 N–H and O–H groups in total. The molecule has 2 aliphatic heterocycles. The predicted octanol–water partition coefficient (Wildman–Crippen LogP) is 1.54. The Kier molecular flexibility index (Phi) is 4.83. The lowest BCUT2D eigenvalue weighted by atomic mass is 10.1. The van der Waals surface area contributed by atoms with Gasteiger partial charge in [-0.05, 0) is 59.7 Å². The molecule has 3 unspecified atom stereocenters. The highest BCUT2D eigenvalue weighted by molar-refractivity contribution is 4.83. The maximum Gasteiger partial charge on any atom is 0.0195 e. The number of rotatable bonds is 4. The number of nitrogens with zero attached hydrogens (tertiary/aromatic N) is 2. The maximum absolute atomic E-state index is 3.59. The molecule has 3 atom stereocenters. The van der Waals surface area contributed by atoms with E-state index in [4.69, 9.17) is 0 Å². The van der Waals surface area contributed by atoms with Crippen molar-refractivity contribution in [1.82, 2.24) is 15.1 Å². The summed E-state index contributed by atoms with van der Waals surface area (Å²) in [6.07, 6.45) is 5.51. The molecule has 0 radical (unpaired) electrons. The lowest BCUT2D eigenvalue weighted by Gasteiger charge is -2.42. The van der Waals surface area contributed by atoms with E-state index < -0.39 is 0 Å². The highest BCUT2D eigenvalue weighted by atomic mass is 15.3. The van der Waals surface area contributed by atoms with Crippen LogP contribution in [0.1, 0.15) is 39.5 Å². The van der Waals surface area contributed by atoms with E-state index in [0.717, 1.165) is 6.04 Å². The van der Waals surface area contributed by atoms with Crippen molar-refractivity contribution in [2.75, 3.05) is 33.2 Å². The van der Waals surface area contributed by atoms with Gasteiger partial charge in [-0.15, -0.1) is 0 Å². The fourth-order valence-corrected chi connectivity index (χ4v) is 3.26. The molecule has 2 saturated heterocycles. The Morgan fingerprint density at radius 1 is 1.18 bits per heavy atom. The van der Waals surface area contributed by atoms with Gasteiger partial charge in [0.1, 0.15) is 0 Å². The first-order chi connectivity index (χ1) is 8.16. The van der Waals surface area contributed by atoms with Crippen LogP contribution in [0.15, 0.2) is 0 Å². The van der Waals surface area contributed by atoms with E-state index in [2.05, 4.69) is 36.0 Å². The van der Waals surface area contributed by atoms with Crippen LogP contribution in [0.4, 0.5) is 0 Å². The summed E-state index contributed by atoms with van der Waals surface area (Å²) >= 11 is 0. The quantitative estimate of drug-likeness (QED) is 0.803. The Balaban J connectivity index is 1.65. The fourth-order valence-electron chi connectivity index (χ4n) is 3.26. The molecule has 0 aliphatic carbocycles. The van der Waals surface area contributed by atoms with Crippen molar-refractivity contribution < 1.29 is 0 Å². The molecule has 100 valence electrons. The van der Waals surface area contributed by atoms with Crippen LogP contribution in [0.5, 0.6) is 0 Å². The molecular weight excluding hydrogens is 210 g/mol. The number of nitrogens with one attached hydrogen (secondary N) is 1. The molecule has 2 rings (SSSR count). The fraction of sp³-hybridized carbons (Fsp3) is 1.00. The molecule has 0 bridgehead atoms. The summed E-state index contributed by atoms with van der Waals surface area (Å²) in [7, 11) is 2.26. The molecule has 2 aliphatic rings. The van der Waals surface area contributed by atoms with Gasteiger partial charge in [-0.2, -0.15) is 0 Å². The van der Waals surface area contributed by atoms with Gasteiger partial charge in [-0.1, -0.05) is 0 Å². The van der Waals surface area contributed by atoms with Gasteiger partial charge in [0.05, 0.1) is 0 Å². The number of hydrogen-bond donors (Lipinski definition) is 1. The normalized spacial score (nSPS) is 36.5. The molecule has 0 aromatic carbocycles. The van der Waals surface area contributed by atoms with Crippen LogP contribution in [-0.4, -0.2) is 61.2 Å². The zero-order valence-corrected chi connectivity index (χ0v) is 11.8. The van der Waals surface area contributed by atoms with E-state index in [1.165, 1.54) is 51.9 Å². The largest absolute Gasteiger partial charge is 0.314 e. The van der Waals surface area contributed by atoms with Gasteiger partial charge in [0.25, 0.3) is 0 Å². The Morgan fingerprint density at radius 3 is 2.47 bits per heavy atom. The highest BCUT2D eigenvalue weighted by Gasteiger charge is 2.26. The molecule has 3 nitrogen and oxygen atoms in total. The molecule has 2 fully saturated rings. The maximum atomic E-state index is 3.59. The second-order valence-electron chi connectivity index (χ2n) is 6.06. The Labute approximate surface area is 107 Å². The topological polar surface area (TPSA) is 18.5 Å². The Bertz CT molecular complexity index is 214. The standard InChI is InChI=1S/C14H29N3/c1-12-10-17(11-13(2)16(12)3)9-5-7-14-6-4-8-15-14/h12-15H,4-11H2,1-3H3. The van der Waals surface area contributed by atoms with Crippen molar-refractivity contribution in [1.29, 1.82) is 0 Å². The predicted molar refractivity (Wildman–Crippen MR) is 73.4 cm³/mol. The number of piperazine rings is 1. The number of likely N-dealkylation sites (N-methyl/N-ethyl adjacent to an activating group) is 1. The summed E-state index contributed by atoms with van der Waals surface area (Å²) in [4.78, 5) is 5.17. The minimum atomic E-state index is 0.711. The van der Waals surface area contributed by atoms with Gasteiger partial charge in [-0.3, -0.25) is 4.90 Å². The van der Waals surface area contributed by atoms with Crippen molar-refractivity contribution in [2.24, 2.45) is 0 Å². The second kappa shape index (κ2) is 6.17. The molecule has 17 heavy (non-hydrogen) atoms. The minimum absolute atomic E-state index is 0.711. The third kappa shape index (κ3) is 3.67. The third-order valence-electron chi connectivity index (χ3n) is 4.62. The van der Waals surface area contributed by atoms with Crippen LogP contribution in [0.3, 0.4) is 0 Å². The summed E-state index contributed by atoms with van der Waals surface area (Å²) < 4.78 is 0. The monoisotopic (exact) mass is 239 g/mol. The minimum Gasteiger partial charge on any atom is -0.314 e. The molecule has 2 heterocycles. The van der Waals surface area contributed by atoms with Crippen molar-refractivity contribution in [3.8, 4) is 0 Å². The van der Waals surface area contributed by atoms with Crippen LogP contribution in [0, 0.1) is 0 Å². The average Bonchev–Trinajstić information content (AvgIpc) is 2.79. The lowest BCUT2D eigenvalue weighted by molar-refractivity contribution is 0.0588. The van der Waals surface area contributed by atoms with Crippen molar-refractivity contribution in [3.63, 3.8) is 0 Å². The Morgan fingerprint density at radius 2 is 1.88 bits per heavy atom. The molecule has 0 spiro atoms. The van der Waals surface area contributed by atoms with Gasteiger partial charge >= 0.3 is 0 Å². The smallest absolute Gasteiger partial charge is 0.0195 e. The third-order valence-corrected chi connectivity index (χ3v) is 4.62. The van der Waals surface area contributed by atoms with Gasteiger partial charge in [0, 0.05) is 31.2 Å². The van der Waals surface area contributed by atoms with E-state index in [1.54, 1.807) is 0 Å². The van der Waals surface area contributed by atoms with Crippen LogP contribution < -0.4 is 5.32 Å². The average molecular weight is 239 g/mol. The van der Waals surface area contributed by atoms with Gasteiger partial charge < -0.3 is 10.2 Å². The van der Waals surface area contributed by atoms with Crippen molar-refractivity contribution in [2.45, 2.75) is 57.7 Å². The number of hydrogen-bond acceptors (Lipinski definition) is 3. The first-order valence-corrected chi connectivity index (χ1v) is 7.34. The molecule has 0 amide bonds. The van der Waals surface area contributed by atoms with E-state index in [1.807, 2.05) is 0 Å². The lowest BCUT2D eigenvalue weighted by Crippen LogP contribution is -2.55. The zero-order valence-electron chi connectivity index (χ0n) is 11.8. The summed E-state index contributed by atoms with van der Waals surface area (Å²) in [5, 5.41) is 3.59. The van der Waals surface area contributed by atoms with Crippen molar-refractivity contribution >= 4 is 0 Å². The molecule has 0 aromatic rings. The molecule has 3 heteroatoms. The van der Waals surface area contributed by atoms with Gasteiger partial charge in [0.2, 0.25) is 0 Å². The molecular formula is C14H29N3. The van der Waals surface area contributed by atoms with E-state index >= 15 is 0 Å². The van der Waals surface area contributed by atoms with Gasteiger partial charge in [0.15, 0.2) is 0 Å². The highest BCUT2D eigenvalue weighted by Crippen LogP contribution is 2.15. The van der Waals surface area contributed by atoms with Crippen LogP contribution in [-0.2, 0) is 0 Å². The first kappa shape index (κ1) is 13.3. The summed E-state index contributed by atoms with van der Waals surface area (Å²) in [5.74, 6) is 0. The Hall–Kier alpha value is -0.120. The molecule has 0 aromatic heterocycles. The van der Waals surface area contributed by atoms with E-state index in [0.29, 0.717) is 12.1 Å². The summed E-state index contributed by atoms with van der Waals surface area (Å²) in [6, 6.07) is 2.24. The first-order valence-electron chi connectivity index (χ1n) is 7.34. The van der Waals surface area contributed by atoms with Crippen LogP contribution in [0.25, 0.3) is 0 Å². The van der Waals surface area contributed by atoms with Crippen LogP contribution in [0.2, 0.25) is 0 Å². The van der Waals surface area contributed by atoms with Gasteiger partial charge in [-0.25, -0.2) is 0 Å². The summed E-state index contributed by atoms with van der Waals surface area (Å²) in [5.41, 5.74) is 0. The SMILES string of the molecule is CC1CN(CCCC2CCCN2)CC(C)N1C. The summed E-state index contributed by atoms with van der Waals surface area (Å²) in [6.45, 7) is 9.73. The van der Waals surface area contributed by atoms with Crippen molar-refractivity contribution in [3.05, 3.63) is 0 Å². The van der Waals surface area contributed by atoms with E-state index in [9.17, 15) is 0 Å². The second-order valence-corrected chi connectivity index (χ2v) is 6.06. The molecule has 0 saturated carbocycles. The van der Waals surface area contributed by atoms with E-state index in [-0.39, 0.29) is 0 Å². The zero-order chi connectivity index (χ0) is 12.3.